The van der Waals surface area contributed by atoms with Crippen LogP contribution in [-0.4, -0.2) is 21.6 Å². The largest absolute Gasteiger partial charge is 0.356 e. The summed E-state index contributed by atoms with van der Waals surface area (Å²) >= 11 is 0. The van der Waals surface area contributed by atoms with Crippen molar-refractivity contribution in [2.75, 3.05) is 6.54 Å². The van der Waals surface area contributed by atoms with Gasteiger partial charge in [-0.05, 0) is 24.1 Å². The number of pyridine rings is 1. The van der Waals surface area contributed by atoms with Gasteiger partial charge in [0.15, 0.2) is 0 Å². The topological polar surface area (TPSA) is 56.0 Å². The van der Waals surface area contributed by atoms with Gasteiger partial charge >= 0.3 is 0 Å². The number of nitrogens with one attached hydrogen (secondary N) is 1. The molecule has 0 atom stereocenters. The molecule has 0 spiro atoms. The van der Waals surface area contributed by atoms with E-state index >= 15 is 0 Å². The highest BCUT2D eigenvalue weighted by Crippen LogP contribution is 2.20. The fourth-order valence-electron chi connectivity index (χ4n) is 2.92. The Morgan fingerprint density at radius 1 is 1.12 bits per heavy atom. The summed E-state index contributed by atoms with van der Waals surface area (Å²) in [7, 11) is 1.99. The summed E-state index contributed by atoms with van der Waals surface area (Å²) in [6.45, 7) is 1.17. The maximum Gasteiger partial charge on any atom is 0.250 e. The number of hydrogen-bond donors (Lipinski definition) is 1. The number of rotatable bonds is 6. The van der Waals surface area contributed by atoms with Crippen LogP contribution in [0.25, 0.3) is 10.9 Å². The summed E-state index contributed by atoms with van der Waals surface area (Å²) in [6, 6.07) is 13.2. The third-order valence-corrected chi connectivity index (χ3v) is 4.13. The zero-order chi connectivity index (χ0) is 16.9. The Bertz CT molecular complexity index is 908. The molecule has 5 nitrogen and oxygen atoms in total. The van der Waals surface area contributed by atoms with E-state index in [1.807, 2.05) is 48.1 Å². The summed E-state index contributed by atoms with van der Waals surface area (Å²) in [5.74, 6) is 0.00626. The Morgan fingerprint density at radius 3 is 2.75 bits per heavy atom. The van der Waals surface area contributed by atoms with E-state index in [0.29, 0.717) is 19.5 Å². The van der Waals surface area contributed by atoms with Gasteiger partial charge in [0.25, 0.3) is 0 Å². The van der Waals surface area contributed by atoms with Gasteiger partial charge in [0.2, 0.25) is 11.5 Å². The zero-order valence-electron chi connectivity index (χ0n) is 13.7. The summed E-state index contributed by atoms with van der Waals surface area (Å²) in [6.07, 6.45) is 4.87. The van der Waals surface area contributed by atoms with Crippen LogP contribution in [0, 0.1) is 0 Å². The number of fused-ring (bicyclic) bond motifs is 1. The Labute approximate surface area is 140 Å². The SMILES string of the molecule is Cn1cc(CC(=O)NCCCn2ccccc2=O)c2ccccc21. The van der Waals surface area contributed by atoms with E-state index < -0.39 is 0 Å². The first kappa shape index (κ1) is 16.1. The first-order chi connectivity index (χ1) is 11.6. The third kappa shape index (κ3) is 3.56. The van der Waals surface area contributed by atoms with Crippen LogP contribution in [-0.2, 0) is 24.8 Å². The smallest absolute Gasteiger partial charge is 0.250 e. The van der Waals surface area contributed by atoms with E-state index in [9.17, 15) is 9.59 Å². The highest BCUT2D eigenvalue weighted by molar-refractivity contribution is 5.89. The van der Waals surface area contributed by atoms with Gasteiger partial charge in [0, 0.05) is 49.5 Å². The molecule has 2 aromatic heterocycles. The van der Waals surface area contributed by atoms with E-state index in [1.165, 1.54) is 0 Å². The molecule has 0 fully saturated rings. The van der Waals surface area contributed by atoms with Crippen molar-refractivity contribution in [2.45, 2.75) is 19.4 Å². The van der Waals surface area contributed by atoms with Crippen LogP contribution in [0.5, 0.6) is 0 Å². The third-order valence-electron chi connectivity index (χ3n) is 4.13. The van der Waals surface area contributed by atoms with Crippen LogP contribution < -0.4 is 10.9 Å². The van der Waals surface area contributed by atoms with E-state index in [-0.39, 0.29) is 11.5 Å². The molecule has 0 aliphatic carbocycles. The molecule has 24 heavy (non-hydrogen) atoms. The average molecular weight is 323 g/mol. The van der Waals surface area contributed by atoms with Crippen LogP contribution in [0.3, 0.4) is 0 Å². The summed E-state index contributed by atoms with van der Waals surface area (Å²) in [5.41, 5.74) is 2.15. The van der Waals surface area contributed by atoms with Crippen molar-refractivity contribution in [3.8, 4) is 0 Å². The predicted molar refractivity (Wildman–Crippen MR) is 95.0 cm³/mol. The van der Waals surface area contributed by atoms with Crippen LogP contribution in [0.15, 0.2) is 59.7 Å². The quantitative estimate of drug-likeness (QED) is 0.706. The number of nitrogens with zero attached hydrogens (tertiary/aromatic N) is 2. The van der Waals surface area contributed by atoms with Gasteiger partial charge in [-0.15, -0.1) is 0 Å². The number of para-hydroxylation sites is 1. The molecule has 1 aromatic carbocycles. The summed E-state index contributed by atoms with van der Waals surface area (Å²) in [4.78, 5) is 23.7. The molecule has 0 aliphatic rings. The molecule has 0 aliphatic heterocycles. The molecular formula is C19H21N3O2. The zero-order valence-corrected chi connectivity index (χ0v) is 13.7. The maximum absolute atomic E-state index is 12.2. The maximum atomic E-state index is 12.2. The van der Waals surface area contributed by atoms with Gasteiger partial charge in [-0.3, -0.25) is 9.59 Å². The normalized spacial score (nSPS) is 10.9. The van der Waals surface area contributed by atoms with Crippen LogP contribution in [0.2, 0.25) is 0 Å². The molecule has 2 heterocycles. The number of carbonyl (C=O) groups excluding carboxylic acids is 1. The molecule has 0 saturated heterocycles. The minimum atomic E-state index is -0.0143. The number of carbonyl (C=O) groups is 1. The van der Waals surface area contributed by atoms with Crippen LogP contribution in [0.4, 0.5) is 0 Å². The molecule has 0 radical (unpaired) electrons. The van der Waals surface area contributed by atoms with Crippen molar-refractivity contribution in [3.05, 3.63) is 70.8 Å². The number of aryl methyl sites for hydroxylation is 2. The second kappa shape index (κ2) is 7.17. The van der Waals surface area contributed by atoms with E-state index in [2.05, 4.69) is 5.32 Å². The van der Waals surface area contributed by atoms with Crippen molar-refractivity contribution >= 4 is 16.8 Å². The van der Waals surface area contributed by atoms with Crippen LogP contribution in [0.1, 0.15) is 12.0 Å². The molecule has 124 valence electrons. The predicted octanol–water partition coefficient (Wildman–Crippen LogP) is 2.09. The monoisotopic (exact) mass is 323 g/mol. The first-order valence-corrected chi connectivity index (χ1v) is 8.10. The van der Waals surface area contributed by atoms with Crippen molar-refractivity contribution in [3.63, 3.8) is 0 Å². The summed E-state index contributed by atoms with van der Waals surface area (Å²) in [5, 5.41) is 4.05. The lowest BCUT2D eigenvalue weighted by atomic mass is 10.1. The highest BCUT2D eigenvalue weighted by atomic mass is 16.1. The van der Waals surface area contributed by atoms with Gasteiger partial charge < -0.3 is 14.5 Å². The van der Waals surface area contributed by atoms with E-state index in [0.717, 1.165) is 22.9 Å². The number of amides is 1. The molecule has 1 N–H and O–H groups in total. The van der Waals surface area contributed by atoms with Gasteiger partial charge in [-0.1, -0.05) is 24.3 Å². The van der Waals surface area contributed by atoms with Crippen molar-refractivity contribution in [1.82, 2.24) is 14.5 Å². The van der Waals surface area contributed by atoms with Crippen molar-refractivity contribution < 1.29 is 4.79 Å². The Morgan fingerprint density at radius 2 is 1.92 bits per heavy atom. The van der Waals surface area contributed by atoms with E-state index in [4.69, 9.17) is 0 Å². The molecule has 0 saturated carbocycles. The minimum Gasteiger partial charge on any atom is -0.356 e. The van der Waals surface area contributed by atoms with Crippen LogP contribution >= 0.6 is 0 Å². The lowest BCUT2D eigenvalue weighted by Gasteiger charge is -2.06. The number of aromatic nitrogens is 2. The molecule has 0 bridgehead atoms. The molecule has 3 rings (SSSR count). The molecule has 0 unspecified atom stereocenters. The molecule has 1 amide bonds. The Hall–Kier alpha value is -2.82. The van der Waals surface area contributed by atoms with Crippen molar-refractivity contribution in [1.29, 1.82) is 0 Å². The number of hydrogen-bond acceptors (Lipinski definition) is 2. The molecule has 5 heteroatoms. The van der Waals surface area contributed by atoms with Crippen molar-refractivity contribution in [2.24, 2.45) is 7.05 Å². The standard InChI is InChI=1S/C19H21N3O2/c1-21-14-15(16-7-2-3-8-17(16)21)13-18(23)20-10-6-12-22-11-5-4-9-19(22)24/h2-5,7-9,11,14H,6,10,12-13H2,1H3,(H,20,23). The molecular weight excluding hydrogens is 302 g/mol. The number of benzene rings is 1. The minimum absolute atomic E-state index is 0.00626. The van der Waals surface area contributed by atoms with E-state index in [1.54, 1.807) is 22.9 Å². The first-order valence-electron chi connectivity index (χ1n) is 8.10. The van der Waals surface area contributed by atoms with Gasteiger partial charge in [-0.2, -0.15) is 0 Å². The Balaban J connectivity index is 1.52. The fourth-order valence-corrected chi connectivity index (χ4v) is 2.92. The summed E-state index contributed by atoms with van der Waals surface area (Å²) < 4.78 is 3.69. The van der Waals surface area contributed by atoms with Gasteiger partial charge in [0.1, 0.15) is 0 Å². The lowest BCUT2D eigenvalue weighted by molar-refractivity contribution is -0.120. The Kier molecular flexibility index (Phi) is 4.79. The average Bonchev–Trinajstić information content (AvgIpc) is 2.89. The fraction of sp³-hybridized carbons (Fsp3) is 0.263. The van der Waals surface area contributed by atoms with Gasteiger partial charge in [0.05, 0.1) is 6.42 Å². The lowest BCUT2D eigenvalue weighted by Crippen LogP contribution is -2.28. The van der Waals surface area contributed by atoms with Gasteiger partial charge in [-0.25, -0.2) is 0 Å². The second-order valence-corrected chi connectivity index (χ2v) is 5.89. The second-order valence-electron chi connectivity index (χ2n) is 5.89. The highest BCUT2D eigenvalue weighted by Gasteiger charge is 2.09. The molecule has 3 aromatic rings.